The maximum Gasteiger partial charge on any atom is -0.0178 e. The zero-order valence-corrected chi connectivity index (χ0v) is 19.3. The molecular weight excluding hydrogens is 384 g/mol. The molecule has 0 aliphatic rings. The Labute approximate surface area is 193 Å². The van der Waals surface area contributed by atoms with Crippen LogP contribution < -0.4 is 0 Å². The molecule has 32 heavy (non-hydrogen) atoms. The SMILES string of the molecule is CC.CCc1ccc(-c2ccccc2)cc1.c1ccc(-c2ccc3ccccc3c2)cc1. The van der Waals surface area contributed by atoms with Crippen LogP contribution in [0.15, 0.2) is 127 Å². The minimum atomic E-state index is 1.11. The van der Waals surface area contributed by atoms with Gasteiger partial charge in [0, 0.05) is 0 Å². The summed E-state index contributed by atoms with van der Waals surface area (Å²) in [4.78, 5) is 0. The molecule has 0 aliphatic carbocycles. The first-order valence-electron chi connectivity index (χ1n) is 11.5. The molecule has 5 aromatic rings. The fraction of sp³-hybridized carbons (Fsp3) is 0.125. The molecule has 0 aliphatic heterocycles. The normalized spacial score (nSPS) is 9.84. The Hall–Kier alpha value is -3.64. The molecule has 0 saturated carbocycles. The van der Waals surface area contributed by atoms with Gasteiger partial charge in [-0.3, -0.25) is 0 Å². The predicted molar refractivity (Wildman–Crippen MR) is 142 cm³/mol. The summed E-state index contributed by atoms with van der Waals surface area (Å²) in [5.41, 5.74) is 6.52. The minimum Gasteiger partial charge on any atom is -0.0683 e. The summed E-state index contributed by atoms with van der Waals surface area (Å²) in [6.07, 6.45) is 1.11. The van der Waals surface area contributed by atoms with Gasteiger partial charge >= 0.3 is 0 Å². The monoisotopic (exact) mass is 416 g/mol. The Balaban J connectivity index is 0.000000169. The van der Waals surface area contributed by atoms with Crippen LogP contribution in [-0.4, -0.2) is 0 Å². The van der Waals surface area contributed by atoms with E-state index in [4.69, 9.17) is 0 Å². The lowest BCUT2D eigenvalue weighted by molar-refractivity contribution is 1.14. The molecule has 0 heteroatoms. The second-order valence-corrected chi connectivity index (χ2v) is 7.34. The lowest BCUT2D eigenvalue weighted by atomic mass is 10.0. The van der Waals surface area contributed by atoms with Crippen LogP contribution in [0.4, 0.5) is 0 Å². The maximum absolute atomic E-state index is 2.24. The Morgan fingerprint density at radius 3 is 1.41 bits per heavy atom. The smallest absolute Gasteiger partial charge is 0.0178 e. The fourth-order valence-corrected chi connectivity index (χ4v) is 3.56. The van der Waals surface area contributed by atoms with Gasteiger partial charge in [0.1, 0.15) is 0 Å². The van der Waals surface area contributed by atoms with Crippen LogP contribution in [-0.2, 0) is 6.42 Å². The third-order valence-corrected chi connectivity index (χ3v) is 5.33. The summed E-state index contributed by atoms with van der Waals surface area (Å²) in [5.74, 6) is 0. The maximum atomic E-state index is 2.24. The van der Waals surface area contributed by atoms with Crippen LogP contribution >= 0.6 is 0 Å². The van der Waals surface area contributed by atoms with Crippen molar-refractivity contribution in [2.24, 2.45) is 0 Å². The van der Waals surface area contributed by atoms with E-state index in [9.17, 15) is 0 Å². The second kappa shape index (κ2) is 12.3. The van der Waals surface area contributed by atoms with E-state index in [2.05, 4.69) is 122 Å². The summed E-state index contributed by atoms with van der Waals surface area (Å²) >= 11 is 0. The largest absolute Gasteiger partial charge is 0.0683 e. The highest BCUT2D eigenvalue weighted by Crippen LogP contribution is 2.24. The molecule has 0 aromatic heterocycles. The van der Waals surface area contributed by atoms with Crippen LogP contribution in [0.2, 0.25) is 0 Å². The average Bonchev–Trinajstić information content (AvgIpc) is 2.91. The third-order valence-electron chi connectivity index (χ3n) is 5.33. The van der Waals surface area contributed by atoms with E-state index in [0.29, 0.717) is 0 Å². The van der Waals surface area contributed by atoms with Gasteiger partial charge in [-0.15, -0.1) is 0 Å². The molecule has 5 aromatic carbocycles. The lowest BCUT2D eigenvalue weighted by Gasteiger charge is -2.03. The highest BCUT2D eigenvalue weighted by atomic mass is 14.0. The predicted octanol–water partition coefficient (Wildman–Crippen LogP) is 9.45. The van der Waals surface area contributed by atoms with Crippen LogP contribution in [0.25, 0.3) is 33.0 Å². The van der Waals surface area contributed by atoms with Crippen molar-refractivity contribution in [3.8, 4) is 22.3 Å². The van der Waals surface area contributed by atoms with Gasteiger partial charge < -0.3 is 0 Å². The topological polar surface area (TPSA) is 0 Å². The molecule has 160 valence electrons. The highest BCUT2D eigenvalue weighted by Gasteiger charge is 1.98. The molecular formula is C32H32. The zero-order chi connectivity index (χ0) is 22.6. The molecule has 0 radical (unpaired) electrons. The first-order chi connectivity index (χ1) is 15.8. The molecule has 0 unspecified atom stereocenters. The summed E-state index contributed by atoms with van der Waals surface area (Å²) < 4.78 is 0. The van der Waals surface area contributed by atoms with Crippen molar-refractivity contribution in [1.82, 2.24) is 0 Å². The van der Waals surface area contributed by atoms with Gasteiger partial charge in [0.25, 0.3) is 0 Å². The van der Waals surface area contributed by atoms with Crippen molar-refractivity contribution in [3.05, 3.63) is 133 Å². The molecule has 0 spiro atoms. The van der Waals surface area contributed by atoms with E-state index < -0.39 is 0 Å². The average molecular weight is 417 g/mol. The van der Waals surface area contributed by atoms with Gasteiger partial charge in [-0.25, -0.2) is 0 Å². The molecule has 0 saturated heterocycles. The van der Waals surface area contributed by atoms with Gasteiger partial charge in [0.05, 0.1) is 0 Å². The lowest BCUT2D eigenvalue weighted by Crippen LogP contribution is -1.80. The number of aryl methyl sites for hydroxylation is 1. The fourth-order valence-electron chi connectivity index (χ4n) is 3.56. The summed E-state index contributed by atoms with van der Waals surface area (Å²) in [5, 5.41) is 2.59. The van der Waals surface area contributed by atoms with E-state index >= 15 is 0 Å². The van der Waals surface area contributed by atoms with Crippen molar-refractivity contribution < 1.29 is 0 Å². The zero-order valence-electron chi connectivity index (χ0n) is 19.3. The van der Waals surface area contributed by atoms with Gasteiger partial charge in [0.2, 0.25) is 0 Å². The number of rotatable bonds is 3. The minimum absolute atomic E-state index is 1.11. The van der Waals surface area contributed by atoms with Crippen molar-refractivity contribution in [2.75, 3.05) is 0 Å². The molecule has 0 amide bonds. The van der Waals surface area contributed by atoms with Gasteiger partial charge in [0.15, 0.2) is 0 Å². The molecule has 0 nitrogen and oxygen atoms in total. The molecule has 0 heterocycles. The van der Waals surface area contributed by atoms with Crippen molar-refractivity contribution in [2.45, 2.75) is 27.2 Å². The highest BCUT2D eigenvalue weighted by molar-refractivity contribution is 5.87. The van der Waals surface area contributed by atoms with Crippen LogP contribution in [0, 0.1) is 0 Å². The van der Waals surface area contributed by atoms with Crippen LogP contribution in [0.5, 0.6) is 0 Å². The van der Waals surface area contributed by atoms with Gasteiger partial charge in [-0.2, -0.15) is 0 Å². The number of benzene rings is 5. The Bertz CT molecular complexity index is 1190. The standard InChI is InChI=1S/C16H12.C14H14.C2H6/c1-2-6-13(7-3-1)16-11-10-14-8-4-5-9-15(14)12-16;1-2-12-8-10-14(11-9-12)13-6-4-3-5-7-13;1-2/h1-12H;3-11H,2H2,1H3;1-2H3. The first-order valence-corrected chi connectivity index (χ1v) is 11.5. The second-order valence-electron chi connectivity index (χ2n) is 7.34. The molecule has 5 rings (SSSR count). The van der Waals surface area contributed by atoms with Gasteiger partial charge in [-0.05, 0) is 51.1 Å². The van der Waals surface area contributed by atoms with E-state index in [1.165, 1.54) is 38.6 Å². The Morgan fingerprint density at radius 2 is 0.844 bits per heavy atom. The van der Waals surface area contributed by atoms with E-state index in [1.54, 1.807) is 0 Å². The summed E-state index contributed by atoms with van der Waals surface area (Å²) in [7, 11) is 0. The molecule has 0 N–H and O–H groups in total. The van der Waals surface area contributed by atoms with Crippen LogP contribution in [0.3, 0.4) is 0 Å². The number of hydrogen-bond acceptors (Lipinski definition) is 0. The summed E-state index contributed by atoms with van der Waals surface area (Å²) in [6.45, 7) is 6.18. The molecule has 0 atom stereocenters. The van der Waals surface area contributed by atoms with Crippen molar-refractivity contribution in [3.63, 3.8) is 0 Å². The van der Waals surface area contributed by atoms with Gasteiger partial charge in [-0.1, -0.05) is 142 Å². The molecule has 0 bridgehead atoms. The first kappa shape index (κ1) is 23.0. The van der Waals surface area contributed by atoms with E-state index in [-0.39, 0.29) is 0 Å². The molecule has 0 fully saturated rings. The van der Waals surface area contributed by atoms with Crippen LogP contribution in [0.1, 0.15) is 26.3 Å². The summed E-state index contributed by atoms with van der Waals surface area (Å²) in [6, 6.07) is 44.8. The third kappa shape index (κ3) is 6.18. The van der Waals surface area contributed by atoms with Crippen molar-refractivity contribution in [1.29, 1.82) is 0 Å². The Kier molecular flexibility index (Phi) is 8.83. The van der Waals surface area contributed by atoms with Crippen molar-refractivity contribution >= 4 is 10.8 Å². The van der Waals surface area contributed by atoms with E-state index in [0.717, 1.165) is 6.42 Å². The quantitative estimate of drug-likeness (QED) is 0.275. The Morgan fingerprint density at radius 1 is 0.406 bits per heavy atom. The number of fused-ring (bicyclic) bond motifs is 1. The number of hydrogen-bond donors (Lipinski definition) is 0. The van der Waals surface area contributed by atoms with E-state index in [1.807, 2.05) is 26.0 Å².